The van der Waals surface area contributed by atoms with Crippen molar-refractivity contribution in [3.8, 4) is 5.75 Å². The number of nitrogens with one attached hydrogen (secondary N) is 1. The van der Waals surface area contributed by atoms with Crippen molar-refractivity contribution in [2.45, 2.75) is 0 Å². The molecule has 0 saturated heterocycles. The van der Waals surface area contributed by atoms with E-state index in [-0.39, 0.29) is 32.6 Å². The average Bonchev–Trinajstić information content (AvgIpc) is 2.43. The molecule has 21 heavy (non-hydrogen) atoms. The number of hydrogen-bond donors (Lipinski definition) is 3. The molecule has 0 saturated carbocycles. The Balaban J connectivity index is 2.27. The fraction of sp³-hybridized carbons (Fsp3) is 0. The summed E-state index contributed by atoms with van der Waals surface area (Å²) < 4.78 is 0. The summed E-state index contributed by atoms with van der Waals surface area (Å²) in [5.41, 5.74) is 0.328. The number of carboxylic acid groups (broad SMARTS) is 1. The molecule has 3 N–H and O–H groups in total. The lowest BCUT2D eigenvalue weighted by molar-refractivity contribution is 0.0696. The third kappa shape index (κ3) is 3.45. The van der Waals surface area contributed by atoms with E-state index < -0.39 is 11.9 Å². The van der Waals surface area contributed by atoms with Crippen LogP contribution in [-0.4, -0.2) is 22.1 Å². The Morgan fingerprint density at radius 1 is 1.00 bits per heavy atom. The van der Waals surface area contributed by atoms with Gasteiger partial charge in [0.25, 0.3) is 5.91 Å². The van der Waals surface area contributed by atoms with Crippen molar-refractivity contribution in [2.24, 2.45) is 0 Å². The highest BCUT2D eigenvalue weighted by atomic mass is 35.5. The Morgan fingerprint density at radius 2 is 1.71 bits per heavy atom. The highest BCUT2D eigenvalue weighted by Gasteiger charge is 2.14. The van der Waals surface area contributed by atoms with Gasteiger partial charge in [-0.15, -0.1) is 0 Å². The minimum atomic E-state index is -1.12. The Kier molecular flexibility index (Phi) is 4.35. The van der Waals surface area contributed by atoms with E-state index in [0.29, 0.717) is 0 Å². The highest BCUT2D eigenvalue weighted by molar-refractivity contribution is 6.36. The van der Waals surface area contributed by atoms with Crippen LogP contribution in [0.15, 0.2) is 36.4 Å². The van der Waals surface area contributed by atoms with Gasteiger partial charge in [0.15, 0.2) is 0 Å². The van der Waals surface area contributed by atoms with Gasteiger partial charge >= 0.3 is 5.97 Å². The summed E-state index contributed by atoms with van der Waals surface area (Å²) in [6, 6.07) is 7.88. The fourth-order valence-electron chi connectivity index (χ4n) is 1.63. The number of carbonyl (C=O) groups is 2. The normalized spacial score (nSPS) is 10.2. The standard InChI is InChI=1S/C14H9Cl2NO4/c15-10-3-2-8(18)6-9(10)13(19)17-12-4-1-7(14(20)21)5-11(12)16/h1-6,18H,(H,17,19)(H,20,21). The lowest BCUT2D eigenvalue weighted by atomic mass is 10.1. The summed E-state index contributed by atoms with van der Waals surface area (Å²) in [7, 11) is 0. The molecule has 1 amide bonds. The predicted molar refractivity (Wildman–Crippen MR) is 79.5 cm³/mol. The zero-order valence-corrected chi connectivity index (χ0v) is 11.9. The molecule has 0 atom stereocenters. The largest absolute Gasteiger partial charge is 0.508 e. The van der Waals surface area contributed by atoms with E-state index in [2.05, 4.69) is 5.32 Å². The maximum Gasteiger partial charge on any atom is 0.335 e. The third-order valence-corrected chi connectivity index (χ3v) is 3.30. The van der Waals surface area contributed by atoms with E-state index in [0.717, 1.165) is 0 Å². The van der Waals surface area contributed by atoms with Crippen molar-refractivity contribution in [3.05, 3.63) is 57.6 Å². The van der Waals surface area contributed by atoms with Gasteiger partial charge in [-0.2, -0.15) is 0 Å². The zero-order chi connectivity index (χ0) is 15.6. The summed E-state index contributed by atoms with van der Waals surface area (Å²) in [4.78, 5) is 22.9. The maximum atomic E-state index is 12.1. The molecule has 2 rings (SSSR count). The second-order valence-corrected chi connectivity index (χ2v) is 4.93. The van der Waals surface area contributed by atoms with Crippen molar-refractivity contribution in [3.63, 3.8) is 0 Å². The number of anilines is 1. The van der Waals surface area contributed by atoms with Gasteiger partial charge < -0.3 is 15.5 Å². The molecule has 7 heteroatoms. The van der Waals surface area contributed by atoms with Crippen LogP contribution in [0.3, 0.4) is 0 Å². The van der Waals surface area contributed by atoms with Gasteiger partial charge in [0.05, 0.1) is 26.9 Å². The van der Waals surface area contributed by atoms with Gasteiger partial charge in [-0.3, -0.25) is 4.79 Å². The molecule has 0 spiro atoms. The first-order valence-electron chi connectivity index (χ1n) is 5.71. The molecule has 0 heterocycles. The van der Waals surface area contributed by atoms with E-state index in [1.165, 1.54) is 36.4 Å². The van der Waals surface area contributed by atoms with E-state index in [1.54, 1.807) is 0 Å². The first-order valence-corrected chi connectivity index (χ1v) is 6.47. The molecule has 5 nitrogen and oxygen atoms in total. The van der Waals surface area contributed by atoms with Gasteiger partial charge in [-0.25, -0.2) is 4.79 Å². The smallest absolute Gasteiger partial charge is 0.335 e. The number of hydrogen-bond acceptors (Lipinski definition) is 3. The second-order valence-electron chi connectivity index (χ2n) is 4.12. The third-order valence-electron chi connectivity index (χ3n) is 2.66. The highest BCUT2D eigenvalue weighted by Crippen LogP contribution is 2.26. The molecule has 108 valence electrons. The van der Waals surface area contributed by atoms with E-state index in [9.17, 15) is 14.7 Å². The number of aromatic hydroxyl groups is 1. The van der Waals surface area contributed by atoms with Crippen LogP contribution in [0.4, 0.5) is 5.69 Å². The molecule has 0 aliphatic carbocycles. The fourth-order valence-corrected chi connectivity index (χ4v) is 2.06. The number of carbonyl (C=O) groups excluding carboxylic acids is 1. The summed E-state index contributed by atoms with van der Waals surface area (Å²) in [5.74, 6) is -1.79. The molecule has 0 aromatic heterocycles. The maximum absolute atomic E-state index is 12.1. The van der Waals surface area contributed by atoms with E-state index in [1.807, 2.05) is 0 Å². The van der Waals surface area contributed by atoms with Crippen LogP contribution in [0.1, 0.15) is 20.7 Å². The second kappa shape index (κ2) is 6.03. The topological polar surface area (TPSA) is 86.6 Å². The van der Waals surface area contributed by atoms with Crippen LogP contribution >= 0.6 is 23.2 Å². The first kappa shape index (κ1) is 15.2. The Hall–Kier alpha value is -2.24. The van der Waals surface area contributed by atoms with Gasteiger partial charge in [0.2, 0.25) is 0 Å². The molecule has 0 bridgehead atoms. The number of rotatable bonds is 3. The van der Waals surface area contributed by atoms with Crippen LogP contribution in [0, 0.1) is 0 Å². The molecule has 0 fully saturated rings. The summed E-state index contributed by atoms with van der Waals surface area (Å²) in [6.07, 6.45) is 0. The SMILES string of the molecule is O=C(O)c1ccc(NC(=O)c2cc(O)ccc2Cl)c(Cl)c1. The molecule has 0 aliphatic heterocycles. The van der Waals surface area contributed by atoms with Crippen molar-refractivity contribution >= 4 is 40.8 Å². The molecule has 2 aromatic carbocycles. The van der Waals surface area contributed by atoms with Crippen LogP contribution < -0.4 is 5.32 Å². The van der Waals surface area contributed by atoms with Gasteiger partial charge in [-0.1, -0.05) is 23.2 Å². The number of benzene rings is 2. The van der Waals surface area contributed by atoms with E-state index >= 15 is 0 Å². The molecule has 2 aromatic rings. The molecule has 0 aliphatic rings. The molecular weight excluding hydrogens is 317 g/mol. The summed E-state index contributed by atoms with van der Waals surface area (Å²) >= 11 is 11.8. The Labute approximate surface area is 129 Å². The number of carboxylic acids is 1. The number of halogens is 2. The zero-order valence-electron chi connectivity index (χ0n) is 10.4. The van der Waals surface area contributed by atoms with Crippen LogP contribution in [-0.2, 0) is 0 Å². The summed E-state index contributed by atoms with van der Waals surface area (Å²) in [6.45, 7) is 0. The van der Waals surface area contributed by atoms with Crippen LogP contribution in [0.5, 0.6) is 5.75 Å². The van der Waals surface area contributed by atoms with Crippen LogP contribution in [0.25, 0.3) is 0 Å². The monoisotopic (exact) mass is 325 g/mol. The number of aromatic carboxylic acids is 1. The van der Waals surface area contributed by atoms with Gasteiger partial charge in [0, 0.05) is 0 Å². The van der Waals surface area contributed by atoms with E-state index in [4.69, 9.17) is 28.3 Å². The minimum absolute atomic E-state index is 0.00777. The number of phenolic OH excluding ortho intramolecular Hbond substituents is 1. The Bertz CT molecular complexity index is 731. The van der Waals surface area contributed by atoms with Crippen molar-refractivity contribution in [1.82, 2.24) is 0 Å². The molecule has 0 unspecified atom stereocenters. The Morgan fingerprint density at radius 3 is 2.33 bits per heavy atom. The van der Waals surface area contributed by atoms with Gasteiger partial charge in [-0.05, 0) is 36.4 Å². The van der Waals surface area contributed by atoms with Crippen LogP contribution in [0.2, 0.25) is 10.0 Å². The quantitative estimate of drug-likeness (QED) is 0.803. The minimum Gasteiger partial charge on any atom is -0.508 e. The number of amides is 1. The lowest BCUT2D eigenvalue weighted by Crippen LogP contribution is -2.13. The lowest BCUT2D eigenvalue weighted by Gasteiger charge is -2.09. The van der Waals surface area contributed by atoms with Crippen molar-refractivity contribution < 1.29 is 19.8 Å². The van der Waals surface area contributed by atoms with Crippen molar-refractivity contribution in [2.75, 3.05) is 5.32 Å². The predicted octanol–water partition coefficient (Wildman–Crippen LogP) is 3.65. The molecular formula is C14H9Cl2NO4. The average molecular weight is 326 g/mol. The van der Waals surface area contributed by atoms with Crippen molar-refractivity contribution in [1.29, 1.82) is 0 Å². The summed E-state index contributed by atoms with van der Waals surface area (Å²) in [5, 5.41) is 21.0. The first-order chi connectivity index (χ1) is 9.88. The number of phenols is 1. The molecule has 0 radical (unpaired) electrons. The van der Waals surface area contributed by atoms with Gasteiger partial charge in [0.1, 0.15) is 5.75 Å².